The molecule has 4 heterocycles. The topological polar surface area (TPSA) is 111 Å². The highest BCUT2D eigenvalue weighted by atomic mass is 16.5. The molecule has 196 valence electrons. The number of rotatable bonds is 6. The van der Waals surface area contributed by atoms with Crippen LogP contribution >= 0.6 is 0 Å². The minimum atomic E-state index is -0.504. The monoisotopic (exact) mass is 513 g/mol. The number of carbonyl (C=O) groups excluding carboxylic acids is 1. The summed E-state index contributed by atoms with van der Waals surface area (Å²) < 4.78 is 12.8. The quantitative estimate of drug-likeness (QED) is 0.295. The van der Waals surface area contributed by atoms with Gasteiger partial charge in [0.15, 0.2) is 0 Å². The summed E-state index contributed by atoms with van der Waals surface area (Å²) in [6, 6.07) is 12.8. The number of aromatic nitrogens is 3. The molecular weight excluding hydrogens is 482 g/mol. The molecule has 2 fully saturated rings. The Labute approximate surface area is 221 Å². The number of nitrogens with two attached hydrogens (primary N) is 1. The van der Waals surface area contributed by atoms with Crippen molar-refractivity contribution in [1.29, 1.82) is 0 Å². The number of aryl methyl sites for hydroxylation is 1. The van der Waals surface area contributed by atoms with Crippen LogP contribution in [0, 0.1) is 0 Å². The Balaban J connectivity index is 1.38. The average Bonchev–Trinajstić information content (AvgIpc) is 3.61. The van der Waals surface area contributed by atoms with Gasteiger partial charge in [-0.25, -0.2) is 14.8 Å². The summed E-state index contributed by atoms with van der Waals surface area (Å²) in [5, 5.41) is 4.23. The molecule has 4 aromatic rings. The summed E-state index contributed by atoms with van der Waals surface area (Å²) in [5.74, 6) is 0.446. The predicted octanol–water partition coefficient (Wildman–Crippen LogP) is 3.65. The predicted molar refractivity (Wildman–Crippen MR) is 148 cm³/mol. The van der Waals surface area contributed by atoms with Gasteiger partial charge in [0.05, 0.1) is 37.0 Å². The zero-order valence-electron chi connectivity index (χ0n) is 21.9. The van der Waals surface area contributed by atoms with Gasteiger partial charge in [-0.2, -0.15) is 0 Å². The number of nitrogens with zero attached hydrogens (tertiary/aromatic N) is 5. The molecule has 0 spiro atoms. The first kappa shape index (κ1) is 24.1. The number of anilines is 4. The highest BCUT2D eigenvalue weighted by molar-refractivity contribution is 6.03. The SMILES string of the molecule is COC(=O)c1cnc(Nc2cc(N)c(N3C[C@@H]4C[C@H]3CN4C)cc2OC)nc1-c1cn(C)c2ccccc12. The van der Waals surface area contributed by atoms with Crippen LogP contribution in [0.1, 0.15) is 16.8 Å². The number of likely N-dealkylation sites (N-methyl/N-ethyl adjacent to an activating group) is 1. The van der Waals surface area contributed by atoms with Crippen molar-refractivity contribution in [2.45, 2.75) is 18.5 Å². The number of hydrogen-bond donors (Lipinski definition) is 2. The van der Waals surface area contributed by atoms with Crippen LogP contribution in [-0.2, 0) is 11.8 Å². The van der Waals surface area contributed by atoms with Crippen molar-refractivity contribution in [3.05, 3.63) is 54.4 Å². The number of ether oxygens (including phenoxy) is 2. The van der Waals surface area contributed by atoms with Crippen molar-refractivity contribution in [3.63, 3.8) is 0 Å². The lowest BCUT2D eigenvalue weighted by atomic mass is 10.1. The van der Waals surface area contributed by atoms with Crippen molar-refractivity contribution in [2.24, 2.45) is 7.05 Å². The number of benzene rings is 2. The van der Waals surface area contributed by atoms with Gasteiger partial charge >= 0.3 is 5.97 Å². The second-order valence-corrected chi connectivity index (χ2v) is 9.99. The van der Waals surface area contributed by atoms with Crippen LogP contribution in [-0.4, -0.2) is 71.8 Å². The largest absolute Gasteiger partial charge is 0.494 e. The van der Waals surface area contributed by atoms with Crippen LogP contribution in [0.15, 0.2) is 48.8 Å². The molecule has 2 aliphatic heterocycles. The third-order valence-electron chi connectivity index (χ3n) is 7.77. The number of esters is 1. The Morgan fingerprint density at radius 2 is 1.95 bits per heavy atom. The number of para-hydroxylation sites is 1. The number of methoxy groups -OCH3 is 2. The molecular formula is C28H31N7O3. The number of fused-ring (bicyclic) bond motifs is 3. The highest BCUT2D eigenvalue weighted by Gasteiger charge is 2.42. The van der Waals surface area contributed by atoms with Gasteiger partial charge in [-0.3, -0.25) is 4.90 Å². The van der Waals surface area contributed by atoms with Crippen LogP contribution in [0.25, 0.3) is 22.2 Å². The summed E-state index contributed by atoms with van der Waals surface area (Å²) in [5.41, 5.74) is 11.4. The summed E-state index contributed by atoms with van der Waals surface area (Å²) in [6.45, 7) is 1.98. The maximum atomic E-state index is 12.6. The number of piperazine rings is 1. The summed E-state index contributed by atoms with van der Waals surface area (Å²) in [7, 11) is 7.12. The van der Waals surface area contributed by atoms with E-state index in [1.54, 1.807) is 7.11 Å². The number of likely N-dealkylation sites (tertiary alicyclic amines) is 1. The average molecular weight is 514 g/mol. The molecule has 38 heavy (non-hydrogen) atoms. The molecule has 6 rings (SSSR count). The van der Waals surface area contributed by atoms with Gasteiger partial charge in [0.2, 0.25) is 5.95 Å². The molecule has 2 saturated heterocycles. The van der Waals surface area contributed by atoms with Crippen molar-refractivity contribution < 1.29 is 14.3 Å². The minimum Gasteiger partial charge on any atom is -0.494 e. The first-order chi connectivity index (χ1) is 18.4. The van der Waals surface area contributed by atoms with E-state index in [9.17, 15) is 4.79 Å². The molecule has 2 bridgehead atoms. The molecule has 10 nitrogen and oxygen atoms in total. The van der Waals surface area contributed by atoms with E-state index in [1.165, 1.54) is 13.3 Å². The van der Waals surface area contributed by atoms with Crippen LogP contribution in [0.3, 0.4) is 0 Å². The Morgan fingerprint density at radius 1 is 1.13 bits per heavy atom. The minimum absolute atomic E-state index is 0.283. The Hall–Kier alpha value is -4.31. The summed E-state index contributed by atoms with van der Waals surface area (Å²) in [4.78, 5) is 26.6. The van der Waals surface area contributed by atoms with Crippen molar-refractivity contribution in [3.8, 4) is 17.0 Å². The van der Waals surface area contributed by atoms with Gasteiger partial charge in [-0.1, -0.05) is 18.2 Å². The van der Waals surface area contributed by atoms with Crippen molar-refractivity contribution in [1.82, 2.24) is 19.4 Å². The van der Waals surface area contributed by atoms with Crippen LogP contribution in [0.2, 0.25) is 0 Å². The second kappa shape index (κ2) is 9.21. The van der Waals surface area contributed by atoms with Gasteiger partial charge < -0.3 is 30.0 Å². The molecule has 0 unspecified atom stereocenters. The third kappa shape index (κ3) is 3.88. The standard InChI is InChI=1S/C28H31N7O3/c1-33-13-17-9-16(33)14-35(17)24-11-25(37-3)22(10-21(24)29)31-28-30-12-19(27(36)38-4)26(32-28)20-15-34(2)23-8-6-5-7-18(20)23/h5-8,10-12,15-17H,9,13-14,29H2,1-4H3,(H,30,31,32)/t16-,17-/m0/s1. The summed E-state index contributed by atoms with van der Waals surface area (Å²) in [6.07, 6.45) is 4.59. The van der Waals surface area contributed by atoms with Gasteiger partial charge in [0, 0.05) is 67.1 Å². The van der Waals surface area contributed by atoms with E-state index >= 15 is 0 Å². The molecule has 0 aliphatic carbocycles. The maximum Gasteiger partial charge on any atom is 0.341 e. The van der Waals surface area contributed by atoms with Crippen LogP contribution in [0.5, 0.6) is 5.75 Å². The molecule has 0 amide bonds. The molecule has 10 heteroatoms. The van der Waals surface area contributed by atoms with E-state index in [0.717, 1.165) is 41.7 Å². The maximum absolute atomic E-state index is 12.6. The lowest BCUT2D eigenvalue weighted by molar-refractivity contribution is 0.0601. The molecule has 2 atom stereocenters. The number of carbonyl (C=O) groups is 1. The first-order valence-electron chi connectivity index (χ1n) is 12.6. The van der Waals surface area contributed by atoms with Crippen molar-refractivity contribution in [2.75, 3.05) is 50.3 Å². The van der Waals surface area contributed by atoms with Crippen molar-refractivity contribution >= 4 is 39.9 Å². The molecule has 2 aromatic carbocycles. The first-order valence-corrected chi connectivity index (χ1v) is 12.6. The Bertz CT molecular complexity index is 1550. The van der Waals surface area contributed by atoms with E-state index in [4.69, 9.17) is 20.2 Å². The number of nitrogens with one attached hydrogen (secondary N) is 1. The molecule has 2 aromatic heterocycles. The zero-order chi connectivity index (χ0) is 26.6. The smallest absolute Gasteiger partial charge is 0.341 e. The lowest BCUT2D eigenvalue weighted by Gasteiger charge is -2.34. The number of nitrogen functional groups attached to an aromatic ring is 1. The second-order valence-electron chi connectivity index (χ2n) is 9.99. The Kier molecular flexibility index (Phi) is 5.83. The van der Waals surface area contributed by atoms with Gasteiger partial charge in [-0.05, 0) is 25.6 Å². The van der Waals surface area contributed by atoms with E-state index in [0.29, 0.717) is 40.9 Å². The highest BCUT2D eigenvalue weighted by Crippen LogP contribution is 2.42. The molecule has 0 saturated carbocycles. The fourth-order valence-corrected chi connectivity index (χ4v) is 5.82. The summed E-state index contributed by atoms with van der Waals surface area (Å²) >= 11 is 0. The fraction of sp³-hybridized carbons (Fsp3) is 0.321. The fourth-order valence-electron chi connectivity index (χ4n) is 5.82. The molecule has 2 aliphatic rings. The van der Waals surface area contributed by atoms with E-state index < -0.39 is 5.97 Å². The zero-order valence-corrected chi connectivity index (χ0v) is 21.9. The van der Waals surface area contributed by atoms with Gasteiger partial charge in [0.25, 0.3) is 0 Å². The Morgan fingerprint density at radius 3 is 2.66 bits per heavy atom. The van der Waals surface area contributed by atoms with Crippen LogP contribution < -0.4 is 20.7 Å². The third-order valence-corrected chi connectivity index (χ3v) is 7.77. The lowest BCUT2D eigenvalue weighted by Crippen LogP contribution is -2.44. The van der Waals surface area contributed by atoms with E-state index in [1.807, 2.05) is 54.2 Å². The van der Waals surface area contributed by atoms with E-state index in [2.05, 4.69) is 27.1 Å². The molecule has 3 N–H and O–H groups in total. The molecule has 0 radical (unpaired) electrons. The van der Waals surface area contributed by atoms with Crippen LogP contribution in [0.4, 0.5) is 23.0 Å². The van der Waals surface area contributed by atoms with Gasteiger partial charge in [-0.15, -0.1) is 0 Å². The number of hydrogen-bond acceptors (Lipinski definition) is 9. The van der Waals surface area contributed by atoms with E-state index in [-0.39, 0.29) is 5.56 Å². The van der Waals surface area contributed by atoms with Gasteiger partial charge in [0.1, 0.15) is 11.3 Å². The normalized spacial score (nSPS) is 18.8.